The largest absolute Gasteiger partial charge is 0.416 e. The second-order valence-corrected chi connectivity index (χ2v) is 12.9. The summed E-state index contributed by atoms with van der Waals surface area (Å²) in [6.07, 6.45) is -4.74. The fourth-order valence-electron chi connectivity index (χ4n) is 7.81. The summed E-state index contributed by atoms with van der Waals surface area (Å²) in [4.78, 5) is 33.0. The quantitative estimate of drug-likeness (QED) is 0.368. The van der Waals surface area contributed by atoms with Gasteiger partial charge < -0.3 is 14.5 Å². The number of halogens is 6. The third-order valence-electron chi connectivity index (χ3n) is 10.0. The van der Waals surface area contributed by atoms with Gasteiger partial charge in [-0.2, -0.15) is 26.3 Å². The van der Waals surface area contributed by atoms with Crippen molar-refractivity contribution in [1.82, 2.24) is 14.7 Å². The predicted molar refractivity (Wildman–Crippen MR) is 153 cm³/mol. The Morgan fingerprint density at radius 1 is 0.867 bits per heavy atom. The minimum atomic E-state index is -5.04. The van der Waals surface area contributed by atoms with Crippen molar-refractivity contribution < 1.29 is 40.7 Å². The number of carbonyl (C=O) groups is 2. The Balaban J connectivity index is 1.23. The maximum Gasteiger partial charge on any atom is 0.416 e. The molecule has 6 rings (SSSR count). The number of alkyl halides is 6. The van der Waals surface area contributed by atoms with E-state index in [1.165, 1.54) is 4.90 Å². The molecule has 1 spiro atoms. The smallest absolute Gasteiger partial charge is 0.368 e. The summed E-state index contributed by atoms with van der Waals surface area (Å²) in [6, 6.07) is 10.1. The van der Waals surface area contributed by atoms with Gasteiger partial charge in [-0.05, 0) is 75.1 Å². The first-order valence-corrected chi connectivity index (χ1v) is 15.7. The minimum Gasteiger partial charge on any atom is -0.368 e. The van der Waals surface area contributed by atoms with Crippen molar-refractivity contribution in [3.8, 4) is 0 Å². The summed E-state index contributed by atoms with van der Waals surface area (Å²) < 4.78 is 87.2. The second kappa shape index (κ2) is 12.2. The van der Waals surface area contributed by atoms with Crippen LogP contribution in [0.2, 0.25) is 0 Å². The van der Waals surface area contributed by atoms with Gasteiger partial charge in [0, 0.05) is 50.4 Å². The van der Waals surface area contributed by atoms with Crippen LogP contribution in [0.1, 0.15) is 72.0 Å². The van der Waals surface area contributed by atoms with E-state index in [-0.39, 0.29) is 36.2 Å². The molecule has 4 fully saturated rings. The molecule has 2 aromatic rings. The zero-order chi connectivity index (χ0) is 32.0. The van der Waals surface area contributed by atoms with Gasteiger partial charge in [-0.1, -0.05) is 30.3 Å². The van der Waals surface area contributed by atoms with Crippen LogP contribution >= 0.6 is 0 Å². The average Bonchev–Trinajstić information content (AvgIpc) is 3.78. The van der Waals surface area contributed by atoms with Gasteiger partial charge >= 0.3 is 12.4 Å². The van der Waals surface area contributed by atoms with Crippen LogP contribution in [0.4, 0.5) is 26.3 Å². The molecule has 0 aromatic heterocycles. The summed E-state index contributed by atoms with van der Waals surface area (Å²) in [5.41, 5.74) is -2.98. The summed E-state index contributed by atoms with van der Waals surface area (Å²) in [5, 5.41) is 0. The predicted octanol–water partition coefficient (Wildman–Crippen LogP) is 6.19. The number of hydrogen-bond acceptors (Lipinski definition) is 4. The van der Waals surface area contributed by atoms with Gasteiger partial charge in [0.05, 0.1) is 16.7 Å². The maximum atomic E-state index is 13.8. The van der Waals surface area contributed by atoms with E-state index >= 15 is 0 Å². The standard InChI is InChI=1S/C33H37F6N3O3/c34-32(35,36)24-17-23(18-25(19-24)33(37,38)39)29(43)41-13-9-26(20-27(41)16-22-6-2-1-3-7-22)40-14-11-31(21-40)10-5-12-42(31)30(44)28-8-4-15-45-28/h1-3,6-7,17-19,26-28H,4-5,8-16,20-21H2. The number of carbonyl (C=O) groups excluding carboxylic acids is 2. The molecule has 4 aliphatic heterocycles. The number of likely N-dealkylation sites (tertiary alicyclic amines) is 3. The normalized spacial score (nSPS) is 27.9. The molecule has 12 heteroatoms. The number of amides is 2. The Hall–Kier alpha value is -3.12. The van der Waals surface area contributed by atoms with Crippen molar-refractivity contribution in [3.05, 3.63) is 70.8 Å². The second-order valence-electron chi connectivity index (χ2n) is 12.9. The van der Waals surface area contributed by atoms with Gasteiger partial charge in [-0.15, -0.1) is 0 Å². The summed E-state index contributed by atoms with van der Waals surface area (Å²) in [6.45, 7) is 2.97. The fourth-order valence-corrected chi connectivity index (χ4v) is 7.81. The van der Waals surface area contributed by atoms with Gasteiger partial charge in [0.15, 0.2) is 0 Å². The molecule has 4 saturated heterocycles. The van der Waals surface area contributed by atoms with Crippen molar-refractivity contribution in [3.63, 3.8) is 0 Å². The van der Waals surface area contributed by atoms with Gasteiger partial charge in [-0.25, -0.2) is 0 Å². The first kappa shape index (κ1) is 31.8. The molecular weight excluding hydrogens is 600 g/mol. The van der Waals surface area contributed by atoms with Crippen molar-refractivity contribution >= 4 is 11.8 Å². The average molecular weight is 638 g/mol. The highest BCUT2D eigenvalue weighted by Gasteiger charge is 2.51. The van der Waals surface area contributed by atoms with Crippen LogP contribution < -0.4 is 0 Å². The SMILES string of the molecule is O=C(c1cc(C(F)(F)F)cc(C(F)(F)F)c1)N1CCC(N2CCC3(CCCN3C(=O)C3CCCO3)C2)CC1Cc1ccccc1. The molecule has 0 N–H and O–H groups in total. The van der Waals surface area contributed by atoms with E-state index in [1.807, 2.05) is 35.2 Å². The first-order valence-electron chi connectivity index (χ1n) is 15.7. The zero-order valence-electron chi connectivity index (χ0n) is 24.9. The highest BCUT2D eigenvalue weighted by atomic mass is 19.4. The summed E-state index contributed by atoms with van der Waals surface area (Å²) in [7, 11) is 0. The Morgan fingerprint density at radius 2 is 1.58 bits per heavy atom. The lowest BCUT2D eigenvalue weighted by Gasteiger charge is -2.44. The number of rotatable bonds is 5. The topological polar surface area (TPSA) is 53.1 Å². The summed E-state index contributed by atoms with van der Waals surface area (Å²) >= 11 is 0. The minimum absolute atomic E-state index is 0.0452. The highest BCUT2D eigenvalue weighted by Crippen LogP contribution is 2.42. The molecule has 2 amide bonds. The van der Waals surface area contributed by atoms with Crippen LogP contribution in [0.3, 0.4) is 0 Å². The van der Waals surface area contributed by atoms with E-state index < -0.39 is 41.0 Å². The molecule has 4 atom stereocenters. The monoisotopic (exact) mass is 637 g/mol. The molecule has 0 bridgehead atoms. The van der Waals surface area contributed by atoms with Gasteiger partial charge in [0.2, 0.25) is 0 Å². The molecule has 4 unspecified atom stereocenters. The number of ether oxygens (including phenoxy) is 1. The zero-order valence-corrected chi connectivity index (χ0v) is 24.9. The highest BCUT2D eigenvalue weighted by molar-refractivity contribution is 5.95. The molecule has 2 aromatic carbocycles. The number of hydrogen-bond donors (Lipinski definition) is 0. The van der Waals surface area contributed by atoms with Crippen molar-refractivity contribution in [2.24, 2.45) is 0 Å². The van der Waals surface area contributed by atoms with Gasteiger partial charge in [0.1, 0.15) is 6.10 Å². The maximum absolute atomic E-state index is 13.8. The fraction of sp³-hybridized carbons (Fsp3) is 0.576. The summed E-state index contributed by atoms with van der Waals surface area (Å²) in [5.74, 6) is -0.776. The number of benzene rings is 2. The molecule has 4 aliphatic rings. The molecule has 244 valence electrons. The van der Waals surface area contributed by atoms with Crippen LogP contribution in [-0.4, -0.2) is 83.0 Å². The Bertz CT molecular complexity index is 1360. The molecule has 0 aliphatic carbocycles. The molecule has 45 heavy (non-hydrogen) atoms. The molecule has 0 saturated carbocycles. The molecule has 4 heterocycles. The van der Waals surface area contributed by atoms with Crippen molar-refractivity contribution in [2.45, 2.75) is 87.4 Å². The van der Waals surface area contributed by atoms with Crippen LogP contribution in [-0.2, 0) is 28.3 Å². The lowest BCUT2D eigenvalue weighted by molar-refractivity contribution is -0.145. The third-order valence-corrected chi connectivity index (χ3v) is 10.0. The van der Waals surface area contributed by atoms with Crippen LogP contribution in [0.15, 0.2) is 48.5 Å². The van der Waals surface area contributed by atoms with Crippen LogP contribution in [0.5, 0.6) is 0 Å². The lowest BCUT2D eigenvalue weighted by Crippen LogP contribution is -2.55. The van der Waals surface area contributed by atoms with Gasteiger partial charge in [0.25, 0.3) is 11.8 Å². The van der Waals surface area contributed by atoms with E-state index in [0.717, 1.165) is 44.2 Å². The van der Waals surface area contributed by atoms with E-state index in [0.29, 0.717) is 51.1 Å². The Labute approximate surface area is 258 Å². The van der Waals surface area contributed by atoms with E-state index in [4.69, 9.17) is 4.74 Å². The van der Waals surface area contributed by atoms with Gasteiger partial charge in [-0.3, -0.25) is 14.5 Å². The number of nitrogens with zero attached hydrogens (tertiary/aromatic N) is 3. The van der Waals surface area contributed by atoms with E-state index in [2.05, 4.69) is 4.90 Å². The molecule has 0 radical (unpaired) electrons. The van der Waals surface area contributed by atoms with Crippen LogP contribution in [0, 0.1) is 0 Å². The lowest BCUT2D eigenvalue weighted by atomic mass is 9.90. The van der Waals surface area contributed by atoms with Crippen LogP contribution in [0.25, 0.3) is 0 Å². The number of piperidine rings is 1. The Kier molecular flexibility index (Phi) is 8.66. The van der Waals surface area contributed by atoms with E-state index in [1.54, 1.807) is 0 Å². The molecular formula is C33H37F6N3O3. The van der Waals surface area contributed by atoms with Crippen molar-refractivity contribution in [2.75, 3.05) is 32.8 Å². The van der Waals surface area contributed by atoms with E-state index in [9.17, 15) is 35.9 Å². The van der Waals surface area contributed by atoms with Crippen molar-refractivity contribution in [1.29, 1.82) is 0 Å². The Morgan fingerprint density at radius 3 is 2.22 bits per heavy atom. The first-order chi connectivity index (χ1) is 21.3. The molecule has 6 nitrogen and oxygen atoms in total. The third kappa shape index (κ3) is 6.58.